The first-order valence-electron chi connectivity index (χ1n) is 5.59. The fourth-order valence-electron chi connectivity index (χ4n) is 1.56. The van der Waals surface area contributed by atoms with Gasteiger partial charge in [-0.2, -0.15) is 17.5 Å². The summed E-state index contributed by atoms with van der Waals surface area (Å²) in [5.41, 5.74) is 1.20. The van der Waals surface area contributed by atoms with E-state index in [9.17, 15) is 18.0 Å². The minimum absolute atomic E-state index is 0.0842. The Bertz CT molecular complexity index is 415. The lowest BCUT2D eigenvalue weighted by molar-refractivity contribution is -0.135. The van der Waals surface area contributed by atoms with Crippen molar-refractivity contribution in [2.24, 2.45) is 0 Å². The molecule has 0 saturated carbocycles. The fraction of sp³-hybridized carbons (Fsp3) is 0.636. The monoisotopic (exact) mass is 280 g/mol. The van der Waals surface area contributed by atoms with Crippen LogP contribution in [0.1, 0.15) is 42.2 Å². The minimum atomic E-state index is -4.09. The first kappa shape index (κ1) is 14.9. The smallest absolute Gasteiger partial charge is 0.375 e. The van der Waals surface area contributed by atoms with Crippen molar-refractivity contribution >= 4 is 22.3 Å². The predicted molar refractivity (Wildman–Crippen MR) is 65.3 cm³/mol. The van der Waals surface area contributed by atoms with Crippen molar-refractivity contribution in [1.82, 2.24) is 4.37 Å². The molecule has 0 aromatic carbocycles. The first-order chi connectivity index (χ1) is 8.31. The highest BCUT2D eigenvalue weighted by Gasteiger charge is 2.25. The van der Waals surface area contributed by atoms with Crippen LogP contribution in [-0.4, -0.2) is 22.9 Å². The van der Waals surface area contributed by atoms with E-state index in [0.717, 1.165) is 11.5 Å². The van der Waals surface area contributed by atoms with Crippen LogP contribution in [0, 0.1) is 6.92 Å². The number of carbonyl (C=O) groups is 1. The molecule has 0 radical (unpaired) electrons. The van der Waals surface area contributed by atoms with Crippen LogP contribution < -0.4 is 5.32 Å². The lowest BCUT2D eigenvalue weighted by Gasteiger charge is -2.07. The molecule has 0 bridgehead atoms. The van der Waals surface area contributed by atoms with E-state index in [2.05, 4.69) is 9.69 Å². The van der Waals surface area contributed by atoms with Crippen LogP contribution in [0.25, 0.3) is 0 Å². The van der Waals surface area contributed by atoms with E-state index in [-0.39, 0.29) is 12.2 Å². The second kappa shape index (κ2) is 6.17. The average Bonchev–Trinajstić information content (AvgIpc) is 2.57. The van der Waals surface area contributed by atoms with Crippen molar-refractivity contribution < 1.29 is 18.0 Å². The van der Waals surface area contributed by atoms with E-state index in [1.54, 1.807) is 6.92 Å². The molecular formula is C11H15F3N2OS. The van der Waals surface area contributed by atoms with Crippen molar-refractivity contribution in [3.63, 3.8) is 0 Å². The van der Waals surface area contributed by atoms with E-state index >= 15 is 0 Å². The van der Waals surface area contributed by atoms with Crippen LogP contribution in [-0.2, 0) is 0 Å². The van der Waals surface area contributed by atoms with Crippen LogP contribution in [0.2, 0.25) is 0 Å². The molecule has 0 aliphatic heterocycles. The molecule has 1 heterocycles. The molecule has 102 valence electrons. The predicted octanol–water partition coefficient (Wildman–Crippen LogP) is 3.80. The quantitative estimate of drug-likeness (QED) is 0.636. The number of aryl methyl sites for hydroxylation is 1. The zero-order valence-electron chi connectivity index (χ0n) is 10.2. The summed E-state index contributed by atoms with van der Waals surface area (Å²) < 4.78 is 39.8. The van der Waals surface area contributed by atoms with Gasteiger partial charge >= 0.3 is 6.18 Å². The molecule has 1 aromatic heterocycles. The van der Waals surface area contributed by atoms with Crippen LogP contribution in [0.3, 0.4) is 0 Å². The summed E-state index contributed by atoms with van der Waals surface area (Å²) >= 11 is 1.16. The number of hydrogen-bond donors (Lipinski definition) is 1. The van der Waals surface area contributed by atoms with E-state index in [4.69, 9.17) is 0 Å². The number of aromatic nitrogens is 1. The van der Waals surface area contributed by atoms with Gasteiger partial charge in [-0.05, 0) is 38.2 Å². The van der Waals surface area contributed by atoms with Crippen LogP contribution in [0.15, 0.2) is 0 Å². The highest BCUT2D eigenvalue weighted by Crippen LogP contribution is 2.25. The number of rotatable bonds is 6. The van der Waals surface area contributed by atoms with Gasteiger partial charge in [0.1, 0.15) is 5.00 Å². The van der Waals surface area contributed by atoms with Crippen molar-refractivity contribution in [1.29, 1.82) is 0 Å². The van der Waals surface area contributed by atoms with Gasteiger partial charge in [-0.1, -0.05) is 0 Å². The normalized spacial score (nSPS) is 11.6. The number of carbonyl (C=O) groups excluding carboxylic acids is 1. The van der Waals surface area contributed by atoms with Gasteiger partial charge in [0, 0.05) is 13.0 Å². The number of ketones is 1. The Morgan fingerprint density at radius 1 is 1.39 bits per heavy atom. The Hall–Kier alpha value is -1.11. The Balaban J connectivity index is 2.38. The largest absolute Gasteiger partial charge is 0.389 e. The Kier molecular flexibility index (Phi) is 5.13. The standard InChI is InChI=1S/C11H15F3N2OS/c1-7-9(8(2)17)10(18-16-7)15-6-4-3-5-11(12,13)14/h15H,3-6H2,1-2H3. The van der Waals surface area contributed by atoms with Crippen LogP contribution >= 0.6 is 11.5 Å². The third kappa shape index (κ3) is 4.64. The number of Topliss-reactive ketones (excluding diaryl/α,β-unsaturated/α-hetero) is 1. The molecule has 1 rings (SSSR count). The summed E-state index contributed by atoms with van der Waals surface area (Å²) in [5, 5.41) is 3.61. The molecular weight excluding hydrogens is 265 g/mol. The number of hydrogen-bond acceptors (Lipinski definition) is 4. The van der Waals surface area contributed by atoms with E-state index in [0.29, 0.717) is 29.2 Å². The first-order valence-corrected chi connectivity index (χ1v) is 6.36. The summed E-state index contributed by atoms with van der Waals surface area (Å²) in [6.07, 6.45) is -4.36. The molecule has 3 nitrogen and oxygen atoms in total. The zero-order valence-corrected chi connectivity index (χ0v) is 11.0. The highest BCUT2D eigenvalue weighted by atomic mass is 32.1. The van der Waals surface area contributed by atoms with E-state index < -0.39 is 12.6 Å². The summed E-state index contributed by atoms with van der Waals surface area (Å²) in [6, 6.07) is 0. The fourth-order valence-corrected chi connectivity index (χ4v) is 2.43. The summed E-state index contributed by atoms with van der Waals surface area (Å²) in [5.74, 6) is -0.0842. The molecule has 0 saturated heterocycles. The molecule has 0 fully saturated rings. The minimum Gasteiger partial charge on any atom is -0.375 e. The lowest BCUT2D eigenvalue weighted by atomic mass is 10.2. The number of nitrogens with zero attached hydrogens (tertiary/aromatic N) is 1. The Morgan fingerprint density at radius 2 is 2.06 bits per heavy atom. The molecule has 1 N–H and O–H groups in total. The van der Waals surface area contributed by atoms with Crippen molar-refractivity contribution in [2.75, 3.05) is 11.9 Å². The lowest BCUT2D eigenvalue weighted by Crippen LogP contribution is -2.09. The van der Waals surface area contributed by atoms with Gasteiger partial charge in [-0.15, -0.1) is 0 Å². The van der Waals surface area contributed by atoms with Gasteiger partial charge in [-0.25, -0.2) is 0 Å². The second-order valence-corrected chi connectivity index (χ2v) is 4.80. The van der Waals surface area contributed by atoms with E-state index in [1.807, 2.05) is 0 Å². The van der Waals surface area contributed by atoms with Crippen molar-refractivity contribution in [2.45, 2.75) is 39.3 Å². The molecule has 7 heteroatoms. The molecule has 0 spiro atoms. The third-order valence-corrected chi connectivity index (χ3v) is 3.28. The highest BCUT2D eigenvalue weighted by molar-refractivity contribution is 7.10. The Morgan fingerprint density at radius 3 is 2.61 bits per heavy atom. The number of alkyl halides is 3. The van der Waals surface area contributed by atoms with Crippen molar-refractivity contribution in [3.8, 4) is 0 Å². The number of nitrogens with one attached hydrogen (secondary N) is 1. The molecule has 18 heavy (non-hydrogen) atoms. The molecule has 0 aliphatic carbocycles. The van der Waals surface area contributed by atoms with Gasteiger partial charge in [0.25, 0.3) is 0 Å². The Labute approximate surface area is 108 Å². The summed E-state index contributed by atoms with van der Waals surface area (Å²) in [6.45, 7) is 3.60. The molecule has 0 atom stereocenters. The summed E-state index contributed by atoms with van der Waals surface area (Å²) in [7, 11) is 0. The summed E-state index contributed by atoms with van der Waals surface area (Å²) in [4.78, 5) is 11.3. The van der Waals surface area contributed by atoms with Gasteiger partial charge in [0.2, 0.25) is 0 Å². The molecule has 1 aromatic rings. The van der Waals surface area contributed by atoms with Gasteiger partial charge < -0.3 is 5.32 Å². The zero-order chi connectivity index (χ0) is 13.8. The third-order valence-electron chi connectivity index (χ3n) is 2.39. The maximum atomic E-state index is 11.9. The molecule has 0 unspecified atom stereocenters. The average molecular weight is 280 g/mol. The molecule has 0 aliphatic rings. The maximum absolute atomic E-state index is 11.9. The van der Waals surface area contributed by atoms with Gasteiger partial charge in [-0.3, -0.25) is 4.79 Å². The molecule has 0 amide bonds. The van der Waals surface area contributed by atoms with E-state index in [1.165, 1.54) is 6.92 Å². The number of unbranched alkanes of at least 4 members (excludes halogenated alkanes) is 1. The SMILES string of the molecule is CC(=O)c1c(C)nsc1NCCCCC(F)(F)F. The van der Waals surface area contributed by atoms with Crippen LogP contribution in [0.4, 0.5) is 18.2 Å². The number of halogens is 3. The van der Waals surface area contributed by atoms with Gasteiger partial charge in [0.15, 0.2) is 5.78 Å². The maximum Gasteiger partial charge on any atom is 0.389 e. The van der Waals surface area contributed by atoms with Crippen LogP contribution in [0.5, 0.6) is 0 Å². The van der Waals surface area contributed by atoms with Gasteiger partial charge in [0.05, 0.1) is 11.3 Å². The number of anilines is 1. The second-order valence-electron chi connectivity index (χ2n) is 4.03. The van der Waals surface area contributed by atoms with Crippen molar-refractivity contribution in [3.05, 3.63) is 11.3 Å². The topological polar surface area (TPSA) is 42.0 Å².